The maximum Gasteiger partial charge on any atom is 0.267 e. The van der Waals surface area contributed by atoms with E-state index in [1.54, 1.807) is 11.3 Å². The van der Waals surface area contributed by atoms with Gasteiger partial charge in [-0.15, -0.1) is 0 Å². The SMILES string of the molecule is CC(C)c1ccc2scc[n+]2c1. The number of hydrogen-bond acceptors (Lipinski definition) is 1. The van der Waals surface area contributed by atoms with E-state index in [2.05, 4.69) is 48.2 Å². The topological polar surface area (TPSA) is 4.10 Å². The van der Waals surface area contributed by atoms with Gasteiger partial charge in [0, 0.05) is 11.6 Å². The minimum absolute atomic E-state index is 0.613. The van der Waals surface area contributed by atoms with Gasteiger partial charge in [0.2, 0.25) is 0 Å². The highest BCUT2D eigenvalue weighted by molar-refractivity contribution is 7.14. The molecule has 0 saturated heterocycles. The van der Waals surface area contributed by atoms with E-state index in [4.69, 9.17) is 0 Å². The van der Waals surface area contributed by atoms with Crippen LogP contribution in [0.1, 0.15) is 25.3 Å². The molecule has 0 saturated carbocycles. The van der Waals surface area contributed by atoms with Crippen molar-refractivity contribution in [2.75, 3.05) is 0 Å². The molecule has 0 atom stereocenters. The minimum atomic E-state index is 0.613. The third-order valence-corrected chi connectivity index (χ3v) is 2.88. The molecular weight excluding hydrogens is 166 g/mol. The van der Waals surface area contributed by atoms with Crippen LogP contribution in [0.5, 0.6) is 0 Å². The van der Waals surface area contributed by atoms with Crippen molar-refractivity contribution < 1.29 is 4.40 Å². The van der Waals surface area contributed by atoms with E-state index in [0.717, 1.165) is 0 Å². The molecular formula is C10H12NS+. The summed E-state index contributed by atoms with van der Waals surface area (Å²) in [6.45, 7) is 4.43. The number of aromatic nitrogens is 1. The van der Waals surface area contributed by atoms with Crippen LogP contribution in [0.25, 0.3) is 4.83 Å². The second-order valence-electron chi connectivity index (χ2n) is 3.27. The molecule has 0 N–H and O–H groups in total. The maximum absolute atomic E-state index is 2.22. The van der Waals surface area contributed by atoms with Gasteiger partial charge < -0.3 is 0 Å². The zero-order valence-electron chi connectivity index (χ0n) is 7.32. The summed E-state index contributed by atoms with van der Waals surface area (Å²) in [7, 11) is 0. The van der Waals surface area contributed by atoms with E-state index < -0.39 is 0 Å². The molecule has 12 heavy (non-hydrogen) atoms. The second kappa shape index (κ2) is 2.87. The van der Waals surface area contributed by atoms with Crippen molar-refractivity contribution in [2.45, 2.75) is 19.8 Å². The molecule has 2 aromatic rings. The average Bonchev–Trinajstić information content (AvgIpc) is 2.49. The van der Waals surface area contributed by atoms with Gasteiger partial charge in [-0.25, -0.2) is 0 Å². The van der Waals surface area contributed by atoms with E-state index in [0.29, 0.717) is 5.92 Å². The Labute approximate surface area is 76.3 Å². The standard InChI is InChI=1S/C10H12NS/c1-8(2)9-3-4-10-11(7-9)5-6-12-10/h3-8H,1-2H3/q+1. The zero-order chi connectivity index (χ0) is 8.55. The lowest BCUT2D eigenvalue weighted by molar-refractivity contribution is -0.508. The van der Waals surface area contributed by atoms with E-state index in [1.165, 1.54) is 10.4 Å². The quantitative estimate of drug-likeness (QED) is 0.591. The van der Waals surface area contributed by atoms with Crippen molar-refractivity contribution >= 4 is 16.2 Å². The van der Waals surface area contributed by atoms with E-state index in [9.17, 15) is 0 Å². The fourth-order valence-electron chi connectivity index (χ4n) is 1.24. The van der Waals surface area contributed by atoms with Gasteiger partial charge in [0.1, 0.15) is 0 Å². The third-order valence-electron chi connectivity index (χ3n) is 2.04. The Kier molecular flexibility index (Phi) is 1.85. The number of hydrogen-bond donors (Lipinski definition) is 0. The summed E-state index contributed by atoms with van der Waals surface area (Å²) in [4.78, 5) is 1.31. The summed E-state index contributed by atoms with van der Waals surface area (Å²) in [5.74, 6) is 0.613. The molecule has 0 aliphatic rings. The Hall–Kier alpha value is -0.890. The monoisotopic (exact) mass is 178 g/mol. The Balaban J connectivity index is 2.60. The molecule has 0 spiro atoms. The first kappa shape index (κ1) is 7.74. The zero-order valence-corrected chi connectivity index (χ0v) is 8.14. The van der Waals surface area contributed by atoms with Gasteiger partial charge >= 0.3 is 0 Å². The van der Waals surface area contributed by atoms with Crippen LogP contribution in [0.15, 0.2) is 29.9 Å². The number of nitrogens with zero attached hydrogens (tertiary/aromatic N) is 1. The van der Waals surface area contributed by atoms with Crippen LogP contribution in [-0.2, 0) is 0 Å². The molecule has 0 bridgehead atoms. The molecule has 0 aliphatic heterocycles. The van der Waals surface area contributed by atoms with Gasteiger partial charge in [-0.1, -0.05) is 25.2 Å². The summed E-state index contributed by atoms with van der Waals surface area (Å²) >= 11 is 1.77. The van der Waals surface area contributed by atoms with Crippen LogP contribution in [0.4, 0.5) is 0 Å². The smallest absolute Gasteiger partial charge is 0.157 e. The van der Waals surface area contributed by atoms with Crippen LogP contribution in [0.3, 0.4) is 0 Å². The van der Waals surface area contributed by atoms with Crippen LogP contribution < -0.4 is 4.40 Å². The first-order chi connectivity index (χ1) is 5.77. The van der Waals surface area contributed by atoms with Crippen LogP contribution in [0, 0.1) is 0 Å². The number of pyridine rings is 1. The highest BCUT2D eigenvalue weighted by Gasteiger charge is 2.06. The predicted octanol–water partition coefficient (Wildman–Crippen LogP) is 2.61. The Bertz CT molecular complexity index is 389. The highest BCUT2D eigenvalue weighted by Crippen LogP contribution is 2.13. The Morgan fingerprint density at radius 1 is 1.33 bits per heavy atom. The molecule has 0 amide bonds. The molecule has 2 heterocycles. The predicted molar refractivity (Wildman–Crippen MR) is 51.6 cm³/mol. The normalized spacial score (nSPS) is 11.2. The van der Waals surface area contributed by atoms with E-state index in [-0.39, 0.29) is 0 Å². The molecule has 2 heteroatoms. The Morgan fingerprint density at radius 2 is 2.17 bits per heavy atom. The van der Waals surface area contributed by atoms with Crippen molar-refractivity contribution in [1.82, 2.24) is 0 Å². The lowest BCUT2D eigenvalue weighted by Crippen LogP contribution is -2.17. The highest BCUT2D eigenvalue weighted by atomic mass is 32.1. The molecule has 0 fully saturated rings. The van der Waals surface area contributed by atoms with Crippen molar-refractivity contribution in [1.29, 1.82) is 0 Å². The molecule has 0 aliphatic carbocycles. The number of thiazole rings is 1. The minimum Gasteiger partial charge on any atom is -0.157 e. The fraction of sp³-hybridized carbons (Fsp3) is 0.300. The second-order valence-corrected chi connectivity index (χ2v) is 4.19. The van der Waals surface area contributed by atoms with Crippen molar-refractivity contribution in [2.24, 2.45) is 0 Å². The van der Waals surface area contributed by atoms with Gasteiger partial charge in [-0.05, 0) is 12.0 Å². The van der Waals surface area contributed by atoms with Crippen molar-refractivity contribution in [3.8, 4) is 0 Å². The molecule has 2 rings (SSSR count). The first-order valence-electron chi connectivity index (χ1n) is 4.16. The number of rotatable bonds is 1. The van der Waals surface area contributed by atoms with Gasteiger partial charge in [-0.2, -0.15) is 4.40 Å². The van der Waals surface area contributed by atoms with Crippen LogP contribution in [-0.4, -0.2) is 0 Å². The maximum atomic E-state index is 2.22. The third kappa shape index (κ3) is 1.23. The van der Waals surface area contributed by atoms with Crippen LogP contribution >= 0.6 is 11.3 Å². The lowest BCUT2D eigenvalue weighted by Gasteiger charge is -1.99. The Morgan fingerprint density at radius 3 is 2.92 bits per heavy atom. The van der Waals surface area contributed by atoms with Crippen molar-refractivity contribution in [3.63, 3.8) is 0 Å². The summed E-state index contributed by atoms with van der Waals surface area (Å²) in [5.41, 5.74) is 1.39. The van der Waals surface area contributed by atoms with E-state index >= 15 is 0 Å². The van der Waals surface area contributed by atoms with Crippen molar-refractivity contribution in [3.05, 3.63) is 35.5 Å². The molecule has 1 nitrogen and oxygen atoms in total. The van der Waals surface area contributed by atoms with Gasteiger partial charge in [0.05, 0.1) is 5.38 Å². The lowest BCUT2D eigenvalue weighted by atomic mass is 10.1. The summed E-state index contributed by atoms with van der Waals surface area (Å²) in [6, 6.07) is 4.39. The summed E-state index contributed by atoms with van der Waals surface area (Å²) in [5, 5.41) is 2.11. The molecule has 0 aromatic carbocycles. The summed E-state index contributed by atoms with van der Waals surface area (Å²) < 4.78 is 2.18. The molecule has 2 aromatic heterocycles. The largest absolute Gasteiger partial charge is 0.267 e. The molecule has 0 radical (unpaired) electrons. The average molecular weight is 178 g/mol. The van der Waals surface area contributed by atoms with Crippen LogP contribution in [0.2, 0.25) is 0 Å². The van der Waals surface area contributed by atoms with Gasteiger partial charge in [0.15, 0.2) is 12.4 Å². The fourth-order valence-corrected chi connectivity index (χ4v) is 1.96. The van der Waals surface area contributed by atoms with E-state index in [1.807, 2.05) is 0 Å². The number of fused-ring (bicyclic) bond motifs is 1. The first-order valence-corrected chi connectivity index (χ1v) is 5.04. The molecule has 62 valence electrons. The van der Waals surface area contributed by atoms with Gasteiger partial charge in [-0.3, -0.25) is 0 Å². The van der Waals surface area contributed by atoms with Gasteiger partial charge in [0.25, 0.3) is 4.83 Å². The summed E-state index contributed by atoms with van der Waals surface area (Å²) in [6.07, 6.45) is 4.31. The molecule has 0 unspecified atom stereocenters.